The lowest BCUT2D eigenvalue weighted by atomic mass is 9.59. The Morgan fingerprint density at radius 1 is 0.704 bits per heavy atom. The van der Waals surface area contributed by atoms with Crippen LogP contribution in [0, 0.1) is 11.3 Å². The van der Waals surface area contributed by atoms with Crippen molar-refractivity contribution in [2.75, 3.05) is 0 Å². The van der Waals surface area contributed by atoms with Gasteiger partial charge in [0, 0.05) is 11.0 Å². The molecule has 0 spiro atoms. The highest BCUT2D eigenvalue weighted by molar-refractivity contribution is 5.23. The third kappa shape index (κ3) is 6.32. The van der Waals surface area contributed by atoms with E-state index in [4.69, 9.17) is 0 Å². The fourth-order valence-corrected chi connectivity index (χ4v) is 4.71. The number of benzene rings is 1. The minimum atomic E-state index is -1.77. The quantitative estimate of drug-likeness (QED) is 0.318. The largest absolute Gasteiger partial charge is 0.361 e. The lowest BCUT2D eigenvalue weighted by molar-refractivity contribution is -0.279. The molecule has 0 saturated carbocycles. The van der Waals surface area contributed by atoms with Crippen molar-refractivity contribution in [3.05, 3.63) is 35.9 Å². The predicted octanol–water partition coefficient (Wildman–Crippen LogP) is 7.19. The summed E-state index contributed by atoms with van der Waals surface area (Å²) in [5, 5.41) is 23.3. The molecule has 0 heterocycles. The van der Waals surface area contributed by atoms with Gasteiger partial charge in [0.1, 0.15) is 0 Å². The second kappa shape index (κ2) is 12.6. The number of hydrogen-bond donors (Lipinski definition) is 2. The lowest BCUT2D eigenvalue weighted by Gasteiger charge is -2.50. The Balaban J connectivity index is 3.43. The van der Waals surface area contributed by atoms with Gasteiger partial charge in [0.05, 0.1) is 0 Å². The van der Waals surface area contributed by atoms with E-state index >= 15 is 0 Å². The molecular weight excluding hydrogens is 332 g/mol. The molecule has 2 heteroatoms. The van der Waals surface area contributed by atoms with E-state index in [0.29, 0.717) is 11.5 Å². The smallest absolute Gasteiger partial charge is 0.195 e. The van der Waals surface area contributed by atoms with Gasteiger partial charge in [-0.2, -0.15) is 0 Å². The highest BCUT2D eigenvalue weighted by Gasteiger charge is 2.53. The standard InChI is InChI=1S/C25H44O2/c1-5-9-16-22(17-10-6-2)24(20-11-7-3,21-12-8-4)25(26,27)23-18-14-13-15-19-23/h13-15,18-19,22,26-27H,5-12,16-17,20-21H2,1-4H3. The van der Waals surface area contributed by atoms with Crippen LogP contribution in [0.5, 0.6) is 0 Å². The van der Waals surface area contributed by atoms with Gasteiger partial charge in [-0.25, -0.2) is 0 Å². The maximum atomic E-state index is 11.7. The van der Waals surface area contributed by atoms with Gasteiger partial charge in [-0.05, 0) is 31.6 Å². The second-order valence-corrected chi connectivity index (χ2v) is 8.38. The molecule has 0 aliphatic carbocycles. The molecule has 0 atom stereocenters. The van der Waals surface area contributed by atoms with Crippen molar-refractivity contribution in [3.63, 3.8) is 0 Å². The van der Waals surface area contributed by atoms with Crippen LogP contribution < -0.4 is 0 Å². The molecule has 0 aromatic heterocycles. The van der Waals surface area contributed by atoms with Crippen LogP contribution in [0.4, 0.5) is 0 Å². The molecule has 0 saturated heterocycles. The van der Waals surface area contributed by atoms with E-state index in [1.54, 1.807) is 0 Å². The Morgan fingerprint density at radius 3 is 1.56 bits per heavy atom. The van der Waals surface area contributed by atoms with E-state index in [1.165, 1.54) is 12.8 Å². The summed E-state index contributed by atoms with van der Waals surface area (Å²) >= 11 is 0. The van der Waals surface area contributed by atoms with E-state index < -0.39 is 11.2 Å². The van der Waals surface area contributed by atoms with Crippen LogP contribution in [0.3, 0.4) is 0 Å². The normalized spacial score (nSPS) is 12.7. The molecule has 0 radical (unpaired) electrons. The first kappa shape index (κ1) is 24.2. The van der Waals surface area contributed by atoms with Crippen molar-refractivity contribution in [1.82, 2.24) is 0 Å². The highest BCUT2D eigenvalue weighted by atomic mass is 16.5. The van der Waals surface area contributed by atoms with E-state index in [1.807, 2.05) is 30.3 Å². The van der Waals surface area contributed by atoms with Gasteiger partial charge in [0.25, 0.3) is 0 Å². The zero-order valence-electron chi connectivity index (χ0n) is 18.3. The molecule has 0 unspecified atom stereocenters. The summed E-state index contributed by atoms with van der Waals surface area (Å²) in [5.74, 6) is -1.42. The first-order valence-electron chi connectivity index (χ1n) is 11.5. The zero-order valence-corrected chi connectivity index (χ0v) is 18.3. The van der Waals surface area contributed by atoms with Gasteiger partial charge in [-0.1, -0.05) is 109 Å². The number of aliphatic hydroxyl groups is 2. The van der Waals surface area contributed by atoms with E-state index in [-0.39, 0.29) is 0 Å². The van der Waals surface area contributed by atoms with Crippen LogP contribution in [0.25, 0.3) is 0 Å². The van der Waals surface area contributed by atoms with E-state index in [0.717, 1.165) is 64.2 Å². The second-order valence-electron chi connectivity index (χ2n) is 8.38. The van der Waals surface area contributed by atoms with Crippen LogP contribution in [0.1, 0.15) is 110 Å². The molecule has 1 aromatic rings. The Labute approximate surface area is 168 Å². The molecule has 2 N–H and O–H groups in total. The first-order chi connectivity index (χ1) is 13.0. The van der Waals surface area contributed by atoms with E-state index in [9.17, 15) is 10.2 Å². The van der Waals surface area contributed by atoms with Crippen LogP contribution in [-0.4, -0.2) is 10.2 Å². The molecule has 2 nitrogen and oxygen atoms in total. The van der Waals surface area contributed by atoms with Gasteiger partial charge in [0.2, 0.25) is 0 Å². The molecule has 156 valence electrons. The van der Waals surface area contributed by atoms with Crippen molar-refractivity contribution < 1.29 is 10.2 Å². The maximum absolute atomic E-state index is 11.7. The van der Waals surface area contributed by atoms with Crippen molar-refractivity contribution in [2.45, 2.75) is 111 Å². The molecule has 27 heavy (non-hydrogen) atoms. The van der Waals surface area contributed by atoms with Gasteiger partial charge in [-0.15, -0.1) is 0 Å². The monoisotopic (exact) mass is 376 g/mol. The summed E-state index contributed by atoms with van der Waals surface area (Å²) in [4.78, 5) is 0. The third-order valence-electron chi connectivity index (χ3n) is 6.42. The minimum absolute atomic E-state index is 0.353. The summed E-state index contributed by atoms with van der Waals surface area (Å²) in [6, 6.07) is 9.58. The van der Waals surface area contributed by atoms with Gasteiger partial charge < -0.3 is 10.2 Å². The van der Waals surface area contributed by atoms with Gasteiger partial charge in [0.15, 0.2) is 5.79 Å². The van der Waals surface area contributed by atoms with Gasteiger partial charge >= 0.3 is 0 Å². The fourth-order valence-electron chi connectivity index (χ4n) is 4.71. The lowest BCUT2D eigenvalue weighted by Crippen LogP contribution is -2.51. The minimum Gasteiger partial charge on any atom is -0.361 e. The summed E-state index contributed by atoms with van der Waals surface area (Å²) in [6.07, 6.45) is 12.9. The molecule has 0 amide bonds. The van der Waals surface area contributed by atoms with Crippen LogP contribution in [0.15, 0.2) is 30.3 Å². The average Bonchev–Trinajstić information content (AvgIpc) is 2.69. The fraction of sp³-hybridized carbons (Fsp3) is 0.760. The average molecular weight is 377 g/mol. The van der Waals surface area contributed by atoms with Gasteiger partial charge in [-0.3, -0.25) is 0 Å². The number of hydrogen-bond acceptors (Lipinski definition) is 2. The molecule has 0 aliphatic rings. The highest BCUT2D eigenvalue weighted by Crippen LogP contribution is 2.54. The Hall–Kier alpha value is -0.860. The van der Waals surface area contributed by atoms with Crippen molar-refractivity contribution in [2.24, 2.45) is 11.3 Å². The van der Waals surface area contributed by atoms with Crippen LogP contribution in [0.2, 0.25) is 0 Å². The maximum Gasteiger partial charge on any atom is 0.195 e. The topological polar surface area (TPSA) is 40.5 Å². The SMILES string of the molecule is CCCCC(CCCC)C(CCCC)(CCCC)C(O)(O)c1ccccc1. The molecule has 1 rings (SSSR count). The molecule has 1 aromatic carbocycles. The Bertz CT molecular complexity index is 464. The third-order valence-corrected chi connectivity index (χ3v) is 6.42. The zero-order chi connectivity index (χ0) is 20.2. The summed E-state index contributed by atoms with van der Waals surface area (Å²) in [5.41, 5.74) is 0.195. The van der Waals surface area contributed by atoms with E-state index in [2.05, 4.69) is 27.7 Å². The van der Waals surface area contributed by atoms with Crippen LogP contribution in [-0.2, 0) is 5.79 Å². The first-order valence-corrected chi connectivity index (χ1v) is 11.5. The Morgan fingerprint density at radius 2 is 1.15 bits per heavy atom. The summed E-state index contributed by atoms with van der Waals surface area (Å²) in [6.45, 7) is 8.88. The summed E-state index contributed by atoms with van der Waals surface area (Å²) < 4.78 is 0. The van der Waals surface area contributed by atoms with Crippen molar-refractivity contribution in [1.29, 1.82) is 0 Å². The number of rotatable bonds is 15. The number of unbranched alkanes of at least 4 members (excludes halogenated alkanes) is 4. The molecule has 0 fully saturated rings. The molecule has 0 aliphatic heterocycles. The van der Waals surface area contributed by atoms with Crippen molar-refractivity contribution >= 4 is 0 Å². The van der Waals surface area contributed by atoms with Crippen LogP contribution >= 0.6 is 0 Å². The molecule has 0 bridgehead atoms. The van der Waals surface area contributed by atoms with Crippen molar-refractivity contribution in [3.8, 4) is 0 Å². The molecular formula is C25H44O2. The summed E-state index contributed by atoms with van der Waals surface area (Å²) in [7, 11) is 0. The predicted molar refractivity (Wildman–Crippen MR) is 117 cm³/mol. The Kier molecular flexibility index (Phi) is 11.3.